The van der Waals surface area contributed by atoms with Crippen molar-refractivity contribution in [3.8, 4) is 5.75 Å². The van der Waals surface area contributed by atoms with E-state index in [-0.39, 0.29) is 29.9 Å². The number of nitrogens with zero attached hydrogens (tertiary/aromatic N) is 2. The first-order valence-electron chi connectivity index (χ1n) is 10.3. The number of rotatable bonds is 8. The van der Waals surface area contributed by atoms with Gasteiger partial charge in [-0.05, 0) is 48.7 Å². The Morgan fingerprint density at radius 1 is 1.13 bits per heavy atom. The Balaban J connectivity index is 0.00000341. The molecule has 0 spiro atoms. The standard InChI is InChI=1S/C23H30N4O2S.HI/c1-24-23(26-14-13-25-22(28)19-8-10-20(29-2)11-9-19)27-15-12-18(16-27)17-30-21-6-4-3-5-7-21;/h3-11,18H,12-17H2,1-2H3,(H,24,26)(H,25,28);1H. The summed E-state index contributed by atoms with van der Waals surface area (Å²) in [4.78, 5) is 20.3. The molecule has 1 aliphatic rings. The number of carbonyl (C=O) groups is 1. The van der Waals surface area contributed by atoms with Crippen molar-refractivity contribution in [2.24, 2.45) is 10.9 Å². The molecule has 1 atom stereocenters. The average Bonchev–Trinajstić information content (AvgIpc) is 3.27. The van der Waals surface area contributed by atoms with Gasteiger partial charge in [0.1, 0.15) is 5.75 Å². The highest BCUT2D eigenvalue weighted by Gasteiger charge is 2.24. The SMILES string of the molecule is CN=C(NCCNC(=O)c1ccc(OC)cc1)N1CCC(CSc2ccccc2)C1.I. The molecule has 2 N–H and O–H groups in total. The summed E-state index contributed by atoms with van der Waals surface area (Å²) >= 11 is 1.92. The molecule has 1 amide bonds. The van der Waals surface area contributed by atoms with Crippen molar-refractivity contribution in [3.63, 3.8) is 0 Å². The Hall–Kier alpha value is -1.94. The van der Waals surface area contributed by atoms with Gasteiger partial charge in [-0.3, -0.25) is 9.79 Å². The summed E-state index contributed by atoms with van der Waals surface area (Å²) in [7, 11) is 3.42. The van der Waals surface area contributed by atoms with Crippen LogP contribution in [0.25, 0.3) is 0 Å². The zero-order valence-corrected chi connectivity index (χ0v) is 21.2. The third-order valence-electron chi connectivity index (χ3n) is 5.07. The first-order valence-corrected chi connectivity index (χ1v) is 11.2. The number of thioether (sulfide) groups is 1. The highest BCUT2D eigenvalue weighted by atomic mass is 127. The summed E-state index contributed by atoms with van der Waals surface area (Å²) in [5.41, 5.74) is 0.624. The number of halogens is 1. The maximum absolute atomic E-state index is 12.2. The minimum absolute atomic E-state index is 0. The van der Waals surface area contributed by atoms with E-state index >= 15 is 0 Å². The van der Waals surface area contributed by atoms with Crippen LogP contribution in [0.4, 0.5) is 0 Å². The normalized spacial score (nSPS) is 15.9. The van der Waals surface area contributed by atoms with Crippen LogP contribution >= 0.6 is 35.7 Å². The monoisotopic (exact) mass is 554 g/mol. The number of hydrogen-bond acceptors (Lipinski definition) is 4. The van der Waals surface area contributed by atoms with E-state index < -0.39 is 0 Å². The molecular weight excluding hydrogens is 523 g/mol. The van der Waals surface area contributed by atoms with Crippen LogP contribution < -0.4 is 15.4 Å². The molecule has 0 aromatic heterocycles. The molecule has 0 radical (unpaired) electrons. The van der Waals surface area contributed by atoms with E-state index in [1.54, 1.807) is 31.4 Å². The van der Waals surface area contributed by atoms with E-state index in [9.17, 15) is 4.79 Å². The second-order valence-corrected chi connectivity index (χ2v) is 8.28. The maximum atomic E-state index is 12.2. The van der Waals surface area contributed by atoms with E-state index in [0.29, 0.717) is 24.6 Å². The molecule has 0 saturated carbocycles. The summed E-state index contributed by atoms with van der Waals surface area (Å²) in [6.45, 7) is 3.19. The van der Waals surface area contributed by atoms with E-state index in [0.717, 1.165) is 30.6 Å². The van der Waals surface area contributed by atoms with Gasteiger partial charge in [0.15, 0.2) is 5.96 Å². The van der Waals surface area contributed by atoms with Crippen LogP contribution in [0.15, 0.2) is 64.5 Å². The molecule has 6 nitrogen and oxygen atoms in total. The molecule has 2 aromatic carbocycles. The lowest BCUT2D eigenvalue weighted by atomic mass is 10.2. The van der Waals surface area contributed by atoms with Crippen molar-refractivity contribution in [2.75, 3.05) is 46.1 Å². The second-order valence-electron chi connectivity index (χ2n) is 7.18. The fourth-order valence-corrected chi connectivity index (χ4v) is 4.47. The van der Waals surface area contributed by atoms with Gasteiger partial charge in [0.25, 0.3) is 5.91 Å². The van der Waals surface area contributed by atoms with Crippen molar-refractivity contribution in [2.45, 2.75) is 11.3 Å². The van der Waals surface area contributed by atoms with Crippen molar-refractivity contribution >= 4 is 47.6 Å². The number of amides is 1. The lowest BCUT2D eigenvalue weighted by molar-refractivity contribution is 0.0954. The van der Waals surface area contributed by atoms with E-state index in [1.165, 1.54) is 11.3 Å². The summed E-state index contributed by atoms with van der Waals surface area (Å²) < 4.78 is 5.12. The van der Waals surface area contributed by atoms with Gasteiger partial charge in [-0.25, -0.2) is 0 Å². The first kappa shape index (κ1) is 25.3. The van der Waals surface area contributed by atoms with Crippen LogP contribution in [0.3, 0.4) is 0 Å². The molecule has 3 rings (SSSR count). The number of aliphatic imine (C=N–C) groups is 1. The number of guanidine groups is 1. The smallest absolute Gasteiger partial charge is 0.251 e. The highest BCUT2D eigenvalue weighted by Crippen LogP contribution is 2.25. The molecular formula is C23H31IN4O2S. The van der Waals surface area contributed by atoms with Crippen LogP contribution in [-0.2, 0) is 0 Å². The van der Waals surface area contributed by atoms with E-state index in [1.807, 2.05) is 18.8 Å². The van der Waals surface area contributed by atoms with Crippen LogP contribution in [0.1, 0.15) is 16.8 Å². The van der Waals surface area contributed by atoms with Crippen LogP contribution in [-0.4, -0.2) is 62.9 Å². The minimum atomic E-state index is -0.0892. The van der Waals surface area contributed by atoms with Gasteiger partial charge in [0.05, 0.1) is 7.11 Å². The highest BCUT2D eigenvalue weighted by molar-refractivity contribution is 14.0. The minimum Gasteiger partial charge on any atom is -0.497 e. The molecule has 1 saturated heterocycles. The molecule has 0 bridgehead atoms. The summed E-state index contributed by atoms with van der Waals surface area (Å²) in [6.07, 6.45) is 1.18. The number of ether oxygens (including phenoxy) is 1. The number of methoxy groups -OCH3 is 1. The van der Waals surface area contributed by atoms with Crippen molar-refractivity contribution in [1.29, 1.82) is 0 Å². The van der Waals surface area contributed by atoms with Crippen LogP contribution in [0, 0.1) is 5.92 Å². The number of benzene rings is 2. The summed E-state index contributed by atoms with van der Waals surface area (Å²) in [6, 6.07) is 17.7. The topological polar surface area (TPSA) is 66.0 Å². The fraction of sp³-hybridized carbons (Fsp3) is 0.391. The molecule has 1 fully saturated rings. The lowest BCUT2D eigenvalue weighted by Crippen LogP contribution is -2.43. The second kappa shape index (κ2) is 13.5. The third-order valence-corrected chi connectivity index (χ3v) is 6.32. The molecule has 1 heterocycles. The first-order chi connectivity index (χ1) is 14.7. The third kappa shape index (κ3) is 7.92. The lowest BCUT2D eigenvalue weighted by Gasteiger charge is -2.21. The van der Waals surface area contributed by atoms with Gasteiger partial charge < -0.3 is 20.3 Å². The molecule has 0 aliphatic carbocycles. The Kier molecular flexibility index (Phi) is 11.0. The number of hydrogen-bond donors (Lipinski definition) is 2. The molecule has 1 unspecified atom stereocenters. The van der Waals surface area contributed by atoms with Crippen LogP contribution in [0.2, 0.25) is 0 Å². The molecule has 8 heteroatoms. The fourth-order valence-electron chi connectivity index (χ4n) is 3.42. The van der Waals surface area contributed by atoms with Gasteiger partial charge in [0.2, 0.25) is 0 Å². The Morgan fingerprint density at radius 3 is 2.52 bits per heavy atom. The number of carbonyl (C=O) groups excluding carboxylic acids is 1. The van der Waals surface area contributed by atoms with Crippen molar-refractivity contribution < 1.29 is 9.53 Å². The van der Waals surface area contributed by atoms with E-state index in [4.69, 9.17) is 4.74 Å². The molecule has 2 aromatic rings. The van der Waals surface area contributed by atoms with E-state index in [2.05, 4.69) is 50.9 Å². The van der Waals surface area contributed by atoms with Gasteiger partial charge >= 0.3 is 0 Å². The Labute approximate surface area is 206 Å². The predicted molar refractivity (Wildman–Crippen MR) is 139 cm³/mol. The zero-order valence-electron chi connectivity index (χ0n) is 18.0. The Morgan fingerprint density at radius 2 is 1.84 bits per heavy atom. The van der Waals surface area contributed by atoms with Crippen molar-refractivity contribution in [1.82, 2.24) is 15.5 Å². The summed E-state index contributed by atoms with van der Waals surface area (Å²) in [5, 5.41) is 6.30. The molecule has 1 aliphatic heterocycles. The van der Waals surface area contributed by atoms with Gasteiger partial charge in [-0.15, -0.1) is 35.7 Å². The zero-order chi connectivity index (χ0) is 21.2. The maximum Gasteiger partial charge on any atom is 0.251 e. The number of likely N-dealkylation sites (tertiary alicyclic amines) is 1. The van der Waals surface area contributed by atoms with Crippen LogP contribution in [0.5, 0.6) is 5.75 Å². The molecule has 31 heavy (non-hydrogen) atoms. The summed E-state index contributed by atoms with van der Waals surface area (Å²) in [5.74, 6) is 3.33. The average molecular weight is 554 g/mol. The largest absolute Gasteiger partial charge is 0.497 e. The van der Waals surface area contributed by atoms with Crippen molar-refractivity contribution in [3.05, 3.63) is 60.2 Å². The molecule has 168 valence electrons. The quantitative estimate of drug-likeness (QED) is 0.171. The number of nitrogens with one attached hydrogen (secondary N) is 2. The van der Waals surface area contributed by atoms with Gasteiger partial charge in [-0.1, -0.05) is 18.2 Å². The van der Waals surface area contributed by atoms with Gasteiger partial charge in [-0.2, -0.15) is 0 Å². The predicted octanol–water partition coefficient (Wildman–Crippen LogP) is 3.73. The van der Waals surface area contributed by atoms with Gasteiger partial charge in [0, 0.05) is 49.4 Å². The Bertz CT molecular complexity index is 833.